The minimum atomic E-state index is -3.77. The number of hydrogen-bond donors (Lipinski definition) is 1. The van der Waals surface area contributed by atoms with Gasteiger partial charge in [-0.3, -0.25) is 4.72 Å². The first-order valence-electron chi connectivity index (χ1n) is 7.78. The molecule has 26 heavy (non-hydrogen) atoms. The number of hydrogen-bond acceptors (Lipinski definition) is 3. The van der Waals surface area contributed by atoms with Gasteiger partial charge in [-0.1, -0.05) is 41.4 Å². The molecule has 0 aliphatic carbocycles. The van der Waals surface area contributed by atoms with E-state index in [0.717, 1.165) is 11.1 Å². The molecule has 0 amide bonds. The van der Waals surface area contributed by atoms with Crippen molar-refractivity contribution in [3.8, 4) is 11.1 Å². The van der Waals surface area contributed by atoms with Crippen LogP contribution in [0.3, 0.4) is 0 Å². The molecule has 0 aliphatic rings. The molecule has 3 aromatic rings. The second-order valence-electron chi connectivity index (χ2n) is 5.88. The molecule has 1 N–H and O–H groups in total. The zero-order valence-corrected chi connectivity index (χ0v) is 16.5. The molecular weight excluding hydrogens is 391 g/mol. The Balaban J connectivity index is 1.89. The molecule has 0 unspecified atom stereocenters. The van der Waals surface area contributed by atoms with Gasteiger partial charge in [-0.25, -0.2) is 13.4 Å². The highest BCUT2D eigenvalue weighted by Crippen LogP contribution is 2.28. The van der Waals surface area contributed by atoms with Crippen molar-refractivity contribution < 1.29 is 8.42 Å². The molecule has 0 spiro atoms. The normalized spacial score (nSPS) is 11.4. The van der Waals surface area contributed by atoms with Crippen LogP contribution in [0.1, 0.15) is 11.1 Å². The van der Waals surface area contributed by atoms with E-state index < -0.39 is 10.0 Å². The average Bonchev–Trinajstić information content (AvgIpc) is 2.59. The standard InChI is InChI=1S/C19H16Cl2N2O2S/c1-12-10-18(13(2)9-17(12)21)26(24,25)23-19-8-7-14(11-22-19)15-5-3-4-6-16(15)20/h3-11H,1-2H3,(H,22,23). The second-order valence-corrected chi connectivity index (χ2v) is 8.35. The first-order valence-corrected chi connectivity index (χ1v) is 10.0. The van der Waals surface area contributed by atoms with Gasteiger partial charge in [0.2, 0.25) is 0 Å². The van der Waals surface area contributed by atoms with E-state index in [4.69, 9.17) is 23.2 Å². The number of pyridine rings is 1. The molecule has 0 radical (unpaired) electrons. The Labute approximate surface area is 162 Å². The lowest BCUT2D eigenvalue weighted by Gasteiger charge is -2.12. The first kappa shape index (κ1) is 18.7. The minimum Gasteiger partial charge on any atom is -0.263 e. The Morgan fingerprint density at radius 2 is 1.65 bits per heavy atom. The summed E-state index contributed by atoms with van der Waals surface area (Å²) in [4.78, 5) is 4.38. The van der Waals surface area contributed by atoms with Crippen LogP contribution in [0, 0.1) is 13.8 Å². The van der Waals surface area contributed by atoms with E-state index in [1.165, 1.54) is 0 Å². The highest BCUT2D eigenvalue weighted by molar-refractivity contribution is 7.92. The topological polar surface area (TPSA) is 59.1 Å². The summed E-state index contributed by atoms with van der Waals surface area (Å²) in [5.41, 5.74) is 2.90. The molecule has 1 heterocycles. The van der Waals surface area contributed by atoms with Gasteiger partial charge >= 0.3 is 0 Å². The van der Waals surface area contributed by atoms with Gasteiger partial charge < -0.3 is 0 Å². The zero-order valence-electron chi connectivity index (χ0n) is 14.1. The Kier molecular flexibility index (Phi) is 5.23. The van der Waals surface area contributed by atoms with E-state index in [0.29, 0.717) is 21.2 Å². The van der Waals surface area contributed by atoms with Gasteiger partial charge in [0.05, 0.1) is 4.90 Å². The summed E-state index contributed by atoms with van der Waals surface area (Å²) in [5, 5.41) is 1.14. The molecule has 3 rings (SSSR count). The molecule has 2 aromatic carbocycles. The van der Waals surface area contributed by atoms with Crippen LogP contribution in [0.15, 0.2) is 59.6 Å². The molecule has 4 nitrogen and oxygen atoms in total. The predicted molar refractivity (Wildman–Crippen MR) is 106 cm³/mol. The van der Waals surface area contributed by atoms with E-state index in [1.54, 1.807) is 50.4 Å². The molecule has 0 saturated heterocycles. The quantitative estimate of drug-likeness (QED) is 0.624. The molecule has 1 aromatic heterocycles. The second kappa shape index (κ2) is 7.27. The summed E-state index contributed by atoms with van der Waals surface area (Å²) in [6.45, 7) is 3.46. The number of benzene rings is 2. The Bertz CT molecular complexity index is 1070. The Morgan fingerprint density at radius 3 is 2.31 bits per heavy atom. The fraction of sp³-hybridized carbons (Fsp3) is 0.105. The van der Waals surface area contributed by atoms with Gasteiger partial charge in [0.1, 0.15) is 5.82 Å². The number of nitrogens with zero attached hydrogens (tertiary/aromatic N) is 1. The van der Waals surface area contributed by atoms with E-state index in [9.17, 15) is 8.42 Å². The monoisotopic (exact) mass is 406 g/mol. The van der Waals surface area contributed by atoms with Gasteiger partial charge in [0, 0.05) is 27.4 Å². The lowest BCUT2D eigenvalue weighted by atomic mass is 10.1. The summed E-state index contributed by atoms with van der Waals surface area (Å²) < 4.78 is 27.9. The van der Waals surface area contributed by atoms with Crippen molar-refractivity contribution in [2.24, 2.45) is 0 Å². The Hall–Kier alpha value is -2.08. The number of rotatable bonds is 4. The van der Waals surface area contributed by atoms with Crippen LogP contribution in [-0.2, 0) is 10.0 Å². The first-order chi connectivity index (χ1) is 12.3. The third kappa shape index (κ3) is 3.85. The highest BCUT2D eigenvalue weighted by atomic mass is 35.5. The Morgan fingerprint density at radius 1 is 0.923 bits per heavy atom. The summed E-state index contributed by atoms with van der Waals surface area (Å²) in [6, 6.07) is 14.0. The summed E-state index contributed by atoms with van der Waals surface area (Å²) in [6.07, 6.45) is 1.58. The smallest absolute Gasteiger partial charge is 0.263 e. The third-order valence-electron chi connectivity index (χ3n) is 3.93. The number of nitrogens with one attached hydrogen (secondary N) is 1. The SMILES string of the molecule is Cc1cc(S(=O)(=O)Nc2ccc(-c3ccccc3Cl)cn2)c(C)cc1Cl. The van der Waals surface area contributed by atoms with Gasteiger partial charge in [0.25, 0.3) is 10.0 Å². The maximum absolute atomic E-state index is 12.7. The van der Waals surface area contributed by atoms with Crippen molar-refractivity contribution in [2.45, 2.75) is 18.7 Å². The fourth-order valence-corrected chi connectivity index (χ4v) is 4.33. The molecule has 0 bridgehead atoms. The maximum atomic E-state index is 12.7. The average molecular weight is 407 g/mol. The lowest BCUT2D eigenvalue weighted by Crippen LogP contribution is -2.15. The van der Waals surface area contributed by atoms with Crippen LogP contribution >= 0.6 is 23.2 Å². The largest absolute Gasteiger partial charge is 0.263 e. The van der Waals surface area contributed by atoms with Crippen LogP contribution in [0.25, 0.3) is 11.1 Å². The molecule has 0 aliphatic heterocycles. The number of anilines is 1. The van der Waals surface area contributed by atoms with Crippen LogP contribution < -0.4 is 4.72 Å². The van der Waals surface area contributed by atoms with E-state index >= 15 is 0 Å². The van der Waals surface area contributed by atoms with Crippen LogP contribution in [0.4, 0.5) is 5.82 Å². The molecule has 0 saturated carbocycles. The zero-order chi connectivity index (χ0) is 18.9. The van der Waals surface area contributed by atoms with Gasteiger partial charge in [0.15, 0.2) is 0 Å². The van der Waals surface area contributed by atoms with Crippen LogP contribution in [-0.4, -0.2) is 13.4 Å². The van der Waals surface area contributed by atoms with Gasteiger partial charge in [-0.2, -0.15) is 0 Å². The highest BCUT2D eigenvalue weighted by Gasteiger charge is 2.19. The molecule has 134 valence electrons. The summed E-state index contributed by atoms with van der Waals surface area (Å²) in [7, 11) is -3.77. The van der Waals surface area contributed by atoms with E-state index in [-0.39, 0.29) is 10.7 Å². The van der Waals surface area contributed by atoms with Crippen molar-refractivity contribution in [3.05, 3.63) is 75.9 Å². The van der Waals surface area contributed by atoms with Crippen molar-refractivity contribution in [1.82, 2.24) is 4.98 Å². The van der Waals surface area contributed by atoms with Crippen LogP contribution in [0.5, 0.6) is 0 Å². The van der Waals surface area contributed by atoms with Crippen molar-refractivity contribution in [1.29, 1.82) is 0 Å². The van der Waals surface area contributed by atoms with Crippen LogP contribution in [0.2, 0.25) is 10.0 Å². The third-order valence-corrected chi connectivity index (χ3v) is 6.17. The van der Waals surface area contributed by atoms with Crippen molar-refractivity contribution >= 4 is 39.0 Å². The van der Waals surface area contributed by atoms with E-state index in [2.05, 4.69) is 9.71 Å². The molecule has 7 heteroatoms. The summed E-state index contributed by atoms with van der Waals surface area (Å²) in [5.74, 6) is 0.229. The van der Waals surface area contributed by atoms with E-state index in [1.807, 2.05) is 18.2 Å². The predicted octanol–water partition coefficient (Wildman–Crippen LogP) is 5.47. The number of aryl methyl sites for hydroxylation is 2. The minimum absolute atomic E-state index is 0.177. The maximum Gasteiger partial charge on any atom is 0.263 e. The fourth-order valence-electron chi connectivity index (χ4n) is 2.55. The van der Waals surface area contributed by atoms with Gasteiger partial charge in [-0.15, -0.1) is 0 Å². The molecule has 0 fully saturated rings. The summed E-state index contributed by atoms with van der Waals surface area (Å²) >= 11 is 12.2. The van der Waals surface area contributed by atoms with Crippen molar-refractivity contribution in [2.75, 3.05) is 4.72 Å². The number of halogens is 2. The van der Waals surface area contributed by atoms with Gasteiger partial charge in [-0.05, 0) is 55.3 Å². The lowest BCUT2D eigenvalue weighted by molar-refractivity contribution is 0.600. The number of sulfonamides is 1. The molecule has 0 atom stereocenters. The van der Waals surface area contributed by atoms with Crippen molar-refractivity contribution in [3.63, 3.8) is 0 Å². The molecular formula is C19H16Cl2N2O2S. The number of aromatic nitrogens is 1.